The van der Waals surface area contributed by atoms with Gasteiger partial charge in [-0.05, 0) is 54.0 Å². The first kappa shape index (κ1) is 14.6. The van der Waals surface area contributed by atoms with Gasteiger partial charge in [0.15, 0.2) is 0 Å². The predicted molar refractivity (Wildman–Crippen MR) is 86.0 cm³/mol. The molecule has 100 valence electrons. The number of aryl methyl sites for hydroxylation is 2. The molecule has 2 aromatic carbocycles. The number of benzene rings is 2. The van der Waals surface area contributed by atoms with Gasteiger partial charge in [0.05, 0.1) is 11.1 Å². The third-order valence-electron chi connectivity index (χ3n) is 3.16. The number of halogens is 2. The normalized spacial score (nSPS) is 12.5. The maximum Gasteiger partial charge on any atom is 0.0599 e. The van der Waals surface area contributed by atoms with E-state index in [0.717, 1.165) is 15.1 Å². The molecule has 1 unspecified atom stereocenters. The van der Waals surface area contributed by atoms with Gasteiger partial charge in [0.25, 0.3) is 0 Å². The molecule has 1 nitrogen and oxygen atoms in total. The van der Waals surface area contributed by atoms with Crippen molar-refractivity contribution in [2.45, 2.75) is 19.9 Å². The second kappa shape index (κ2) is 6.08. The molecule has 19 heavy (non-hydrogen) atoms. The minimum Gasteiger partial charge on any atom is -0.309 e. The van der Waals surface area contributed by atoms with Crippen molar-refractivity contribution in [3.8, 4) is 0 Å². The zero-order valence-electron chi connectivity index (χ0n) is 11.3. The average Bonchev–Trinajstić information content (AvgIpc) is 2.34. The van der Waals surface area contributed by atoms with Crippen LogP contribution in [0.15, 0.2) is 40.9 Å². The third-order valence-corrected chi connectivity index (χ3v) is 4.47. The topological polar surface area (TPSA) is 12.0 Å². The number of hydrogen-bond donors (Lipinski definition) is 1. The predicted octanol–water partition coefficient (Wildman–Crippen LogP) is 5.03. The molecule has 0 fully saturated rings. The molecule has 0 saturated heterocycles. The summed E-state index contributed by atoms with van der Waals surface area (Å²) in [7, 11) is 1.96. The Morgan fingerprint density at radius 3 is 2.32 bits per heavy atom. The van der Waals surface area contributed by atoms with Crippen LogP contribution in [0.25, 0.3) is 0 Å². The Labute approximate surface area is 128 Å². The molecule has 2 rings (SSSR count). The second-order valence-electron chi connectivity index (χ2n) is 4.79. The Morgan fingerprint density at radius 2 is 1.74 bits per heavy atom. The fraction of sp³-hybridized carbons (Fsp3) is 0.250. The van der Waals surface area contributed by atoms with Crippen molar-refractivity contribution in [2.75, 3.05) is 7.05 Å². The molecule has 0 radical (unpaired) electrons. The summed E-state index contributed by atoms with van der Waals surface area (Å²) in [6.07, 6.45) is 0. The summed E-state index contributed by atoms with van der Waals surface area (Å²) in [6.45, 7) is 4.23. The van der Waals surface area contributed by atoms with Gasteiger partial charge in [-0.2, -0.15) is 0 Å². The highest BCUT2D eigenvalue weighted by molar-refractivity contribution is 9.10. The second-order valence-corrected chi connectivity index (χ2v) is 6.02. The van der Waals surface area contributed by atoms with Gasteiger partial charge in [-0.25, -0.2) is 0 Å². The molecule has 0 aliphatic carbocycles. The molecule has 2 aromatic rings. The van der Waals surface area contributed by atoms with Crippen LogP contribution in [0, 0.1) is 13.8 Å². The summed E-state index contributed by atoms with van der Waals surface area (Å²) < 4.78 is 0.927. The lowest BCUT2D eigenvalue weighted by Gasteiger charge is -2.20. The lowest BCUT2D eigenvalue weighted by Crippen LogP contribution is -2.18. The SMILES string of the molecule is CNC(c1cc(C)cc(C)c1)c1cccc(Br)c1Cl. The van der Waals surface area contributed by atoms with Crippen LogP contribution in [0.5, 0.6) is 0 Å². The van der Waals surface area contributed by atoms with Crippen LogP contribution in [0.3, 0.4) is 0 Å². The molecule has 0 bridgehead atoms. The molecule has 0 aliphatic heterocycles. The van der Waals surface area contributed by atoms with Gasteiger partial charge in [0.1, 0.15) is 0 Å². The van der Waals surface area contributed by atoms with E-state index < -0.39 is 0 Å². The van der Waals surface area contributed by atoms with E-state index >= 15 is 0 Å². The van der Waals surface area contributed by atoms with Crippen molar-refractivity contribution < 1.29 is 0 Å². The number of rotatable bonds is 3. The zero-order chi connectivity index (χ0) is 14.0. The molecular formula is C16H17BrClN. The van der Waals surface area contributed by atoms with Crippen molar-refractivity contribution in [2.24, 2.45) is 0 Å². The highest BCUT2D eigenvalue weighted by Gasteiger charge is 2.16. The maximum absolute atomic E-state index is 6.41. The largest absolute Gasteiger partial charge is 0.309 e. The smallest absolute Gasteiger partial charge is 0.0599 e. The fourth-order valence-electron chi connectivity index (χ4n) is 2.42. The van der Waals surface area contributed by atoms with Gasteiger partial charge in [-0.3, -0.25) is 0 Å². The van der Waals surface area contributed by atoms with Crippen LogP contribution in [0.2, 0.25) is 5.02 Å². The van der Waals surface area contributed by atoms with E-state index in [2.05, 4.69) is 59.4 Å². The minimum absolute atomic E-state index is 0.101. The summed E-state index contributed by atoms with van der Waals surface area (Å²) in [5.41, 5.74) is 4.85. The monoisotopic (exact) mass is 337 g/mol. The van der Waals surface area contributed by atoms with Crippen LogP contribution >= 0.6 is 27.5 Å². The summed E-state index contributed by atoms with van der Waals surface area (Å²) in [6, 6.07) is 12.7. The van der Waals surface area contributed by atoms with E-state index in [1.54, 1.807) is 0 Å². The molecule has 1 atom stereocenters. The van der Waals surface area contributed by atoms with Crippen molar-refractivity contribution in [3.63, 3.8) is 0 Å². The van der Waals surface area contributed by atoms with Crippen molar-refractivity contribution in [1.29, 1.82) is 0 Å². The molecule has 1 N–H and O–H groups in total. The summed E-state index contributed by atoms with van der Waals surface area (Å²) in [4.78, 5) is 0. The first-order chi connectivity index (χ1) is 9.02. The van der Waals surface area contributed by atoms with E-state index in [1.165, 1.54) is 16.7 Å². The highest BCUT2D eigenvalue weighted by atomic mass is 79.9. The van der Waals surface area contributed by atoms with Crippen LogP contribution < -0.4 is 5.32 Å². The van der Waals surface area contributed by atoms with Crippen molar-refractivity contribution in [3.05, 3.63) is 68.1 Å². The maximum atomic E-state index is 6.41. The Bertz CT molecular complexity index is 575. The standard InChI is InChI=1S/C16H17BrClN/c1-10-7-11(2)9-12(8-10)16(19-3)13-5-4-6-14(17)15(13)18/h4-9,16,19H,1-3H3. The van der Waals surface area contributed by atoms with Gasteiger partial charge >= 0.3 is 0 Å². The Hall–Kier alpha value is -0.830. The van der Waals surface area contributed by atoms with Crippen LogP contribution in [0.1, 0.15) is 28.3 Å². The van der Waals surface area contributed by atoms with Gasteiger partial charge in [0, 0.05) is 4.47 Å². The first-order valence-electron chi connectivity index (χ1n) is 6.22. The van der Waals surface area contributed by atoms with Crippen molar-refractivity contribution in [1.82, 2.24) is 5.32 Å². The number of hydrogen-bond acceptors (Lipinski definition) is 1. The molecule has 0 aromatic heterocycles. The van der Waals surface area contributed by atoms with Crippen LogP contribution in [0.4, 0.5) is 0 Å². The molecule has 0 amide bonds. The van der Waals surface area contributed by atoms with Crippen molar-refractivity contribution >= 4 is 27.5 Å². The minimum atomic E-state index is 0.101. The van der Waals surface area contributed by atoms with Crippen LogP contribution in [-0.2, 0) is 0 Å². The van der Waals surface area contributed by atoms with Crippen LogP contribution in [-0.4, -0.2) is 7.05 Å². The summed E-state index contributed by atoms with van der Waals surface area (Å²) in [5.74, 6) is 0. The third kappa shape index (κ3) is 3.19. The Balaban J connectivity index is 2.53. The van der Waals surface area contributed by atoms with E-state index in [9.17, 15) is 0 Å². The van der Waals surface area contributed by atoms with Gasteiger partial charge < -0.3 is 5.32 Å². The Kier molecular flexibility index (Phi) is 4.67. The molecule has 0 spiro atoms. The van der Waals surface area contributed by atoms with E-state index in [4.69, 9.17) is 11.6 Å². The number of nitrogens with one attached hydrogen (secondary N) is 1. The fourth-order valence-corrected chi connectivity index (χ4v) is 3.04. The molecule has 0 heterocycles. The van der Waals surface area contributed by atoms with E-state index in [1.807, 2.05) is 19.2 Å². The first-order valence-corrected chi connectivity index (χ1v) is 7.39. The van der Waals surface area contributed by atoms with Gasteiger partial charge in [-0.15, -0.1) is 0 Å². The average molecular weight is 339 g/mol. The summed E-state index contributed by atoms with van der Waals surface area (Å²) >= 11 is 9.89. The molecular weight excluding hydrogens is 322 g/mol. The lowest BCUT2D eigenvalue weighted by molar-refractivity contribution is 0.690. The Morgan fingerprint density at radius 1 is 1.11 bits per heavy atom. The molecule has 0 saturated carbocycles. The zero-order valence-corrected chi connectivity index (χ0v) is 13.6. The molecule has 3 heteroatoms. The summed E-state index contributed by atoms with van der Waals surface area (Å²) in [5, 5.41) is 4.12. The van der Waals surface area contributed by atoms with E-state index in [-0.39, 0.29) is 6.04 Å². The van der Waals surface area contributed by atoms with Gasteiger partial charge in [-0.1, -0.05) is 53.1 Å². The van der Waals surface area contributed by atoms with E-state index in [0.29, 0.717) is 0 Å². The molecule has 0 aliphatic rings. The highest BCUT2D eigenvalue weighted by Crippen LogP contribution is 2.33. The quantitative estimate of drug-likeness (QED) is 0.828. The van der Waals surface area contributed by atoms with Gasteiger partial charge in [0.2, 0.25) is 0 Å². The lowest BCUT2D eigenvalue weighted by atomic mass is 9.96.